The minimum absolute atomic E-state index is 0.0904. The van der Waals surface area contributed by atoms with E-state index in [0.29, 0.717) is 16.5 Å². The highest BCUT2D eigenvalue weighted by molar-refractivity contribution is 6.31. The fourth-order valence-corrected chi connectivity index (χ4v) is 2.79. The van der Waals surface area contributed by atoms with Crippen molar-refractivity contribution in [2.45, 2.75) is 32.7 Å². The fraction of sp³-hybridized carbons (Fsp3) is 0.538. The third-order valence-corrected chi connectivity index (χ3v) is 3.88. The highest BCUT2D eigenvalue weighted by Gasteiger charge is 2.24. The molecule has 2 unspecified atom stereocenters. The molecule has 1 aliphatic heterocycles. The van der Waals surface area contributed by atoms with E-state index in [9.17, 15) is 10.1 Å². The molecule has 98 valence electrons. The van der Waals surface area contributed by atoms with Gasteiger partial charge in [-0.15, -0.1) is 0 Å². The first-order valence-electron chi connectivity index (χ1n) is 6.17. The number of aryl methyl sites for hydroxylation is 1. The molecule has 1 aliphatic rings. The number of piperidine rings is 1. The molecule has 0 amide bonds. The van der Waals surface area contributed by atoms with E-state index in [1.165, 1.54) is 12.5 Å². The zero-order chi connectivity index (χ0) is 13.3. The van der Waals surface area contributed by atoms with Crippen LogP contribution in [0.3, 0.4) is 0 Å². The number of nitro benzene ring substituents is 1. The molecule has 0 radical (unpaired) electrons. The summed E-state index contributed by atoms with van der Waals surface area (Å²) in [6, 6.07) is 3.52. The van der Waals surface area contributed by atoms with Gasteiger partial charge in [0.15, 0.2) is 0 Å². The Kier molecular flexibility index (Phi) is 3.88. The summed E-state index contributed by atoms with van der Waals surface area (Å²) in [4.78, 5) is 10.5. The summed E-state index contributed by atoms with van der Waals surface area (Å²) in [5.41, 5.74) is 1.73. The summed E-state index contributed by atoms with van der Waals surface area (Å²) in [6.07, 6.45) is 2.19. The summed E-state index contributed by atoms with van der Waals surface area (Å²) in [7, 11) is 0. The summed E-state index contributed by atoms with van der Waals surface area (Å²) in [5.74, 6) is 0.655. The molecule has 1 fully saturated rings. The number of hydrogen-bond acceptors (Lipinski definition) is 3. The Morgan fingerprint density at radius 2 is 2.22 bits per heavy atom. The molecule has 0 aromatic heterocycles. The lowest BCUT2D eigenvalue weighted by Crippen LogP contribution is -2.31. The van der Waals surface area contributed by atoms with Gasteiger partial charge in [-0.1, -0.05) is 18.5 Å². The van der Waals surface area contributed by atoms with Crippen LogP contribution in [0, 0.1) is 23.0 Å². The van der Waals surface area contributed by atoms with Gasteiger partial charge in [0.2, 0.25) is 0 Å². The van der Waals surface area contributed by atoms with Gasteiger partial charge in [-0.25, -0.2) is 0 Å². The van der Waals surface area contributed by atoms with E-state index in [1.54, 1.807) is 6.92 Å². The lowest BCUT2D eigenvalue weighted by atomic mass is 9.89. The molecular formula is C13H17ClN2O2. The molecule has 1 saturated heterocycles. The predicted octanol–water partition coefficient (Wildman–Crippen LogP) is 3.62. The fourth-order valence-electron chi connectivity index (χ4n) is 2.50. The summed E-state index contributed by atoms with van der Waals surface area (Å²) >= 11 is 6.18. The molecule has 0 aliphatic carbocycles. The van der Waals surface area contributed by atoms with Gasteiger partial charge in [-0.2, -0.15) is 0 Å². The van der Waals surface area contributed by atoms with Gasteiger partial charge < -0.3 is 5.32 Å². The van der Waals surface area contributed by atoms with Crippen LogP contribution >= 0.6 is 11.6 Å². The molecule has 5 heteroatoms. The first kappa shape index (κ1) is 13.3. The van der Waals surface area contributed by atoms with Crippen LogP contribution in [0.25, 0.3) is 0 Å². The molecule has 4 nitrogen and oxygen atoms in total. The van der Waals surface area contributed by atoms with E-state index >= 15 is 0 Å². The molecule has 18 heavy (non-hydrogen) atoms. The standard InChI is InChI=1S/C13H17ClN2O2/c1-8-3-4-15-12(5-8)10-6-9(2)13(16(17)18)7-11(10)14/h6-8,12,15H,3-5H2,1-2H3. The first-order chi connectivity index (χ1) is 8.49. The monoisotopic (exact) mass is 268 g/mol. The third-order valence-electron chi connectivity index (χ3n) is 3.55. The van der Waals surface area contributed by atoms with E-state index < -0.39 is 0 Å². The lowest BCUT2D eigenvalue weighted by Gasteiger charge is -2.29. The second kappa shape index (κ2) is 5.24. The van der Waals surface area contributed by atoms with E-state index in [-0.39, 0.29) is 16.7 Å². The molecule has 0 spiro atoms. The smallest absolute Gasteiger partial charge is 0.273 e. The Hall–Kier alpha value is -1.13. The number of rotatable bonds is 2. The number of halogens is 1. The number of nitrogens with one attached hydrogen (secondary N) is 1. The average Bonchev–Trinajstić information content (AvgIpc) is 2.31. The van der Waals surface area contributed by atoms with Gasteiger partial charge in [0.1, 0.15) is 0 Å². The topological polar surface area (TPSA) is 55.2 Å². The zero-order valence-electron chi connectivity index (χ0n) is 10.6. The maximum absolute atomic E-state index is 10.8. The van der Waals surface area contributed by atoms with Crippen molar-refractivity contribution in [3.8, 4) is 0 Å². The van der Waals surface area contributed by atoms with Gasteiger partial charge in [0.05, 0.1) is 9.95 Å². The van der Waals surface area contributed by atoms with E-state index in [4.69, 9.17) is 11.6 Å². The lowest BCUT2D eigenvalue weighted by molar-refractivity contribution is -0.385. The minimum atomic E-state index is -0.387. The van der Waals surface area contributed by atoms with Crippen molar-refractivity contribution in [1.82, 2.24) is 5.32 Å². The number of nitrogens with zero attached hydrogens (tertiary/aromatic N) is 1. The molecule has 1 aromatic rings. The van der Waals surface area contributed by atoms with Crippen LogP contribution in [0.5, 0.6) is 0 Å². The SMILES string of the molecule is Cc1cc(C2CC(C)CCN2)c(Cl)cc1[N+](=O)[O-]. The highest BCUT2D eigenvalue weighted by Crippen LogP contribution is 2.35. The van der Waals surface area contributed by atoms with E-state index in [2.05, 4.69) is 12.2 Å². The van der Waals surface area contributed by atoms with Crippen molar-refractivity contribution < 1.29 is 4.92 Å². The predicted molar refractivity (Wildman–Crippen MR) is 72.0 cm³/mol. The molecule has 0 saturated carbocycles. The van der Waals surface area contributed by atoms with Gasteiger partial charge in [-0.05, 0) is 43.9 Å². The summed E-state index contributed by atoms with van der Waals surface area (Å²) < 4.78 is 0. The maximum Gasteiger partial charge on any atom is 0.273 e. The van der Waals surface area contributed by atoms with Crippen LogP contribution in [-0.2, 0) is 0 Å². The van der Waals surface area contributed by atoms with Crippen LogP contribution in [0.1, 0.15) is 36.9 Å². The van der Waals surface area contributed by atoms with Gasteiger partial charge in [-0.3, -0.25) is 10.1 Å². The molecule has 1 aromatic carbocycles. The summed E-state index contributed by atoms with van der Waals surface area (Å²) in [5, 5.41) is 14.8. The van der Waals surface area contributed by atoms with Gasteiger partial charge >= 0.3 is 0 Å². The average molecular weight is 269 g/mol. The number of hydrogen-bond donors (Lipinski definition) is 1. The number of benzene rings is 1. The Balaban J connectivity index is 2.34. The maximum atomic E-state index is 10.8. The minimum Gasteiger partial charge on any atom is -0.310 e. The number of nitro groups is 1. The Labute approximate surface area is 111 Å². The molecule has 1 N–H and O–H groups in total. The van der Waals surface area contributed by atoms with Crippen LogP contribution in [0.15, 0.2) is 12.1 Å². The molecule has 1 heterocycles. The van der Waals surface area contributed by atoms with Crippen molar-refractivity contribution in [3.05, 3.63) is 38.4 Å². The van der Waals surface area contributed by atoms with Gasteiger partial charge in [0.25, 0.3) is 5.69 Å². The second-order valence-electron chi connectivity index (χ2n) is 5.05. The Morgan fingerprint density at radius 1 is 1.50 bits per heavy atom. The Bertz CT molecular complexity index is 476. The largest absolute Gasteiger partial charge is 0.310 e. The quantitative estimate of drug-likeness (QED) is 0.658. The van der Waals surface area contributed by atoms with Crippen molar-refractivity contribution in [3.63, 3.8) is 0 Å². The molecule has 2 rings (SSSR count). The van der Waals surface area contributed by atoms with Gasteiger partial charge in [0, 0.05) is 17.7 Å². The molecule has 2 atom stereocenters. The Morgan fingerprint density at radius 3 is 2.83 bits per heavy atom. The molecular weight excluding hydrogens is 252 g/mol. The van der Waals surface area contributed by atoms with Crippen LogP contribution in [0.4, 0.5) is 5.69 Å². The van der Waals surface area contributed by atoms with Crippen molar-refractivity contribution in [2.75, 3.05) is 6.54 Å². The normalized spacial score (nSPS) is 23.9. The highest BCUT2D eigenvalue weighted by atomic mass is 35.5. The molecule has 0 bridgehead atoms. The van der Waals surface area contributed by atoms with E-state index in [0.717, 1.165) is 18.5 Å². The summed E-state index contributed by atoms with van der Waals surface area (Å²) in [6.45, 7) is 4.95. The second-order valence-corrected chi connectivity index (χ2v) is 5.46. The van der Waals surface area contributed by atoms with Crippen LogP contribution in [-0.4, -0.2) is 11.5 Å². The van der Waals surface area contributed by atoms with Crippen molar-refractivity contribution in [1.29, 1.82) is 0 Å². The van der Waals surface area contributed by atoms with Crippen molar-refractivity contribution in [2.24, 2.45) is 5.92 Å². The van der Waals surface area contributed by atoms with Crippen LogP contribution < -0.4 is 5.32 Å². The third kappa shape index (κ3) is 2.65. The van der Waals surface area contributed by atoms with Crippen molar-refractivity contribution >= 4 is 17.3 Å². The zero-order valence-corrected chi connectivity index (χ0v) is 11.3. The van der Waals surface area contributed by atoms with Crippen LogP contribution in [0.2, 0.25) is 5.02 Å². The van der Waals surface area contributed by atoms with E-state index in [1.807, 2.05) is 6.07 Å². The first-order valence-corrected chi connectivity index (χ1v) is 6.54.